The summed E-state index contributed by atoms with van der Waals surface area (Å²) in [6.45, 7) is -0.599. The van der Waals surface area contributed by atoms with Gasteiger partial charge in [0.25, 0.3) is 5.91 Å². The molecule has 2 N–H and O–H groups in total. The fourth-order valence-corrected chi connectivity index (χ4v) is 1.38. The first-order valence-electron chi connectivity index (χ1n) is 5.41. The highest BCUT2D eigenvalue weighted by Gasteiger charge is 2.10. The summed E-state index contributed by atoms with van der Waals surface area (Å²) in [7, 11) is 0. The van der Waals surface area contributed by atoms with Gasteiger partial charge in [0.05, 0.1) is 17.4 Å². The van der Waals surface area contributed by atoms with Crippen LogP contribution in [0.5, 0.6) is 0 Å². The van der Waals surface area contributed by atoms with E-state index in [1.54, 1.807) is 0 Å². The zero-order chi connectivity index (χ0) is 13.7. The number of para-hydroxylation sites is 1. The predicted molar refractivity (Wildman–Crippen MR) is 64.6 cm³/mol. The molecule has 98 valence electrons. The number of carboxylic acids is 1. The molecule has 7 heteroatoms. The Morgan fingerprint density at radius 1 is 1.32 bits per heavy atom. The van der Waals surface area contributed by atoms with Crippen molar-refractivity contribution in [2.75, 3.05) is 6.61 Å². The summed E-state index contributed by atoms with van der Waals surface area (Å²) in [6.07, 6.45) is 2.89. The van der Waals surface area contributed by atoms with Crippen LogP contribution in [0.1, 0.15) is 10.4 Å². The van der Waals surface area contributed by atoms with Crippen molar-refractivity contribution < 1.29 is 19.5 Å². The molecule has 0 atom stereocenters. The van der Waals surface area contributed by atoms with Crippen molar-refractivity contribution in [2.24, 2.45) is 0 Å². The molecule has 1 heterocycles. The number of nitrogens with one attached hydrogen (secondary N) is 1. The molecule has 0 bridgehead atoms. The van der Waals surface area contributed by atoms with Gasteiger partial charge < -0.3 is 5.11 Å². The van der Waals surface area contributed by atoms with Crippen molar-refractivity contribution in [3.8, 4) is 5.69 Å². The summed E-state index contributed by atoms with van der Waals surface area (Å²) in [5.74, 6) is -1.72. The summed E-state index contributed by atoms with van der Waals surface area (Å²) < 4.78 is 1.53. The molecular formula is C12H11N3O4. The van der Waals surface area contributed by atoms with Gasteiger partial charge in [0.1, 0.15) is 0 Å². The monoisotopic (exact) mass is 261 g/mol. The average molecular weight is 261 g/mol. The van der Waals surface area contributed by atoms with Crippen molar-refractivity contribution >= 4 is 11.9 Å². The number of rotatable bonds is 5. The van der Waals surface area contributed by atoms with Crippen LogP contribution in [-0.4, -0.2) is 33.4 Å². The van der Waals surface area contributed by atoms with E-state index in [0.29, 0.717) is 0 Å². The number of aromatic nitrogens is 2. The van der Waals surface area contributed by atoms with Crippen LogP contribution in [0, 0.1) is 0 Å². The number of benzene rings is 1. The third-order valence-corrected chi connectivity index (χ3v) is 2.23. The van der Waals surface area contributed by atoms with Gasteiger partial charge in [0.15, 0.2) is 6.61 Å². The van der Waals surface area contributed by atoms with E-state index in [2.05, 4.69) is 9.94 Å². The molecule has 2 aromatic rings. The number of amides is 1. The van der Waals surface area contributed by atoms with Crippen molar-refractivity contribution in [1.29, 1.82) is 0 Å². The second kappa shape index (κ2) is 5.78. The summed E-state index contributed by atoms with van der Waals surface area (Å²) in [5.41, 5.74) is 3.11. The molecule has 0 aliphatic heterocycles. The summed E-state index contributed by atoms with van der Waals surface area (Å²) >= 11 is 0. The van der Waals surface area contributed by atoms with E-state index in [-0.39, 0.29) is 5.56 Å². The molecule has 0 saturated heterocycles. The van der Waals surface area contributed by atoms with Crippen LogP contribution in [0.25, 0.3) is 5.69 Å². The van der Waals surface area contributed by atoms with Crippen LogP contribution in [0.3, 0.4) is 0 Å². The van der Waals surface area contributed by atoms with Crippen LogP contribution in [0.2, 0.25) is 0 Å². The Labute approximate surface area is 108 Å². The first kappa shape index (κ1) is 12.8. The van der Waals surface area contributed by atoms with Gasteiger partial charge in [-0.15, -0.1) is 0 Å². The van der Waals surface area contributed by atoms with Gasteiger partial charge in [0.2, 0.25) is 0 Å². The second-order valence-electron chi connectivity index (χ2n) is 3.62. The van der Waals surface area contributed by atoms with Gasteiger partial charge in [-0.2, -0.15) is 5.10 Å². The minimum atomic E-state index is -1.17. The van der Waals surface area contributed by atoms with E-state index in [1.807, 2.05) is 35.8 Å². The molecular weight excluding hydrogens is 250 g/mol. The van der Waals surface area contributed by atoms with E-state index in [0.717, 1.165) is 5.69 Å². The number of hydrogen-bond acceptors (Lipinski definition) is 4. The predicted octanol–water partition coefficient (Wildman–Crippen LogP) is 0.618. The maximum atomic E-state index is 11.6. The summed E-state index contributed by atoms with van der Waals surface area (Å²) in [4.78, 5) is 26.3. The fourth-order valence-electron chi connectivity index (χ4n) is 1.38. The van der Waals surface area contributed by atoms with Gasteiger partial charge in [-0.1, -0.05) is 18.2 Å². The van der Waals surface area contributed by atoms with E-state index in [9.17, 15) is 9.59 Å². The number of carboxylic acid groups (broad SMARTS) is 1. The van der Waals surface area contributed by atoms with E-state index >= 15 is 0 Å². The van der Waals surface area contributed by atoms with Gasteiger partial charge in [0, 0.05) is 6.20 Å². The minimum absolute atomic E-state index is 0.272. The Bertz CT molecular complexity index is 580. The van der Waals surface area contributed by atoms with Crippen molar-refractivity contribution in [2.45, 2.75) is 0 Å². The minimum Gasteiger partial charge on any atom is -0.479 e. The highest BCUT2D eigenvalue weighted by atomic mass is 16.7. The molecule has 0 radical (unpaired) electrons. The fraction of sp³-hybridized carbons (Fsp3) is 0.0833. The number of carbonyl (C=O) groups is 2. The van der Waals surface area contributed by atoms with Crippen molar-refractivity contribution in [3.63, 3.8) is 0 Å². The number of nitrogens with zero attached hydrogens (tertiary/aromatic N) is 2. The Hall–Kier alpha value is -2.67. The number of hydrogen-bond donors (Lipinski definition) is 2. The number of carbonyl (C=O) groups excluding carboxylic acids is 1. The van der Waals surface area contributed by atoms with Crippen LogP contribution in [-0.2, 0) is 9.63 Å². The molecule has 0 saturated carbocycles. The normalized spacial score (nSPS) is 10.1. The lowest BCUT2D eigenvalue weighted by Gasteiger charge is -2.01. The molecule has 0 fully saturated rings. The van der Waals surface area contributed by atoms with Crippen molar-refractivity contribution in [1.82, 2.24) is 15.3 Å². The Balaban J connectivity index is 2.01. The number of hydroxylamine groups is 1. The maximum absolute atomic E-state index is 11.6. The molecule has 0 spiro atoms. The van der Waals surface area contributed by atoms with Crippen LogP contribution >= 0.6 is 0 Å². The first-order valence-corrected chi connectivity index (χ1v) is 5.41. The molecule has 1 aromatic heterocycles. The zero-order valence-electron chi connectivity index (χ0n) is 9.81. The highest BCUT2D eigenvalue weighted by Crippen LogP contribution is 2.07. The molecule has 0 unspecified atom stereocenters. The second-order valence-corrected chi connectivity index (χ2v) is 3.62. The van der Waals surface area contributed by atoms with E-state index < -0.39 is 18.5 Å². The molecule has 7 nitrogen and oxygen atoms in total. The third-order valence-electron chi connectivity index (χ3n) is 2.23. The average Bonchev–Trinajstić information content (AvgIpc) is 2.89. The van der Waals surface area contributed by atoms with Crippen molar-refractivity contribution in [3.05, 3.63) is 48.3 Å². The Morgan fingerprint density at radius 2 is 2.05 bits per heavy atom. The van der Waals surface area contributed by atoms with E-state index in [1.165, 1.54) is 17.1 Å². The number of aliphatic carboxylic acids is 1. The lowest BCUT2D eigenvalue weighted by molar-refractivity contribution is -0.144. The maximum Gasteiger partial charge on any atom is 0.332 e. The van der Waals surface area contributed by atoms with Crippen LogP contribution in [0.4, 0.5) is 0 Å². The first-order chi connectivity index (χ1) is 9.16. The quantitative estimate of drug-likeness (QED) is 0.769. The molecule has 0 aliphatic rings. The third kappa shape index (κ3) is 3.39. The zero-order valence-corrected chi connectivity index (χ0v) is 9.81. The van der Waals surface area contributed by atoms with Gasteiger partial charge in [-0.25, -0.2) is 15.0 Å². The summed E-state index contributed by atoms with van der Waals surface area (Å²) in [6, 6.07) is 9.27. The lowest BCUT2D eigenvalue weighted by Crippen LogP contribution is -2.26. The standard InChI is InChI=1S/C12H11N3O4/c16-11(17)8-19-14-12(18)9-6-13-15(7-9)10-4-2-1-3-5-10/h1-7H,8H2,(H,14,18)(H,16,17). The van der Waals surface area contributed by atoms with Crippen LogP contribution < -0.4 is 5.48 Å². The van der Waals surface area contributed by atoms with Crippen LogP contribution in [0.15, 0.2) is 42.7 Å². The Kier molecular flexibility index (Phi) is 3.89. The molecule has 1 amide bonds. The largest absolute Gasteiger partial charge is 0.479 e. The van der Waals surface area contributed by atoms with E-state index in [4.69, 9.17) is 5.11 Å². The van der Waals surface area contributed by atoms with Gasteiger partial charge in [-0.3, -0.25) is 9.63 Å². The molecule has 1 aromatic carbocycles. The lowest BCUT2D eigenvalue weighted by atomic mass is 10.3. The van der Waals surface area contributed by atoms with Gasteiger partial charge >= 0.3 is 5.97 Å². The topological polar surface area (TPSA) is 93.4 Å². The molecule has 2 rings (SSSR count). The highest BCUT2D eigenvalue weighted by molar-refractivity contribution is 5.93. The summed E-state index contributed by atoms with van der Waals surface area (Å²) in [5, 5.41) is 12.4. The SMILES string of the molecule is O=C(O)CONC(=O)c1cnn(-c2ccccc2)c1. The van der Waals surface area contributed by atoms with Gasteiger partial charge in [-0.05, 0) is 12.1 Å². The smallest absolute Gasteiger partial charge is 0.332 e. The molecule has 19 heavy (non-hydrogen) atoms. The molecule has 0 aliphatic carbocycles. The Morgan fingerprint density at radius 3 is 2.74 bits per heavy atom.